The summed E-state index contributed by atoms with van der Waals surface area (Å²) in [6, 6.07) is 14.4. The van der Waals surface area contributed by atoms with E-state index in [0.29, 0.717) is 0 Å². The van der Waals surface area contributed by atoms with Crippen molar-refractivity contribution < 1.29 is 17.0 Å². The molecular formula is C16H11BrCl2N2. The predicted octanol–water partition coefficient (Wildman–Crippen LogP) is 1.72. The first-order valence-corrected chi connectivity index (χ1v) is 7.50. The lowest BCUT2D eigenvalue weighted by atomic mass is 10.1. The average Bonchev–Trinajstić information content (AvgIpc) is 2.77. The summed E-state index contributed by atoms with van der Waals surface area (Å²) in [6.45, 7) is 0. The molecule has 2 aromatic heterocycles. The van der Waals surface area contributed by atoms with Gasteiger partial charge in [0.05, 0.1) is 10.9 Å². The number of halogens is 3. The van der Waals surface area contributed by atoms with E-state index in [-0.39, 0.29) is 12.4 Å². The van der Waals surface area contributed by atoms with Gasteiger partial charge in [-0.25, -0.2) is 0 Å². The number of rotatable bonds is 0. The van der Waals surface area contributed by atoms with Crippen molar-refractivity contribution in [3.8, 4) is 0 Å². The molecule has 106 valence electrons. The molecule has 2 nitrogen and oxygen atoms in total. The number of aromatic nitrogens is 2. The van der Waals surface area contributed by atoms with Gasteiger partial charge >= 0.3 is 0 Å². The van der Waals surface area contributed by atoms with Gasteiger partial charge in [-0.3, -0.25) is 0 Å². The molecule has 0 radical (unpaired) electrons. The van der Waals surface area contributed by atoms with E-state index in [4.69, 9.17) is 11.6 Å². The normalized spacial score (nSPS) is 11.2. The second-order valence-electron chi connectivity index (χ2n) is 4.98. The molecule has 4 rings (SSSR count). The Bertz CT molecular complexity index is 992. The van der Waals surface area contributed by atoms with Crippen molar-refractivity contribution in [2.75, 3.05) is 0 Å². The number of benzene rings is 2. The fourth-order valence-corrected chi connectivity index (χ4v) is 3.37. The molecule has 2 aromatic carbocycles. The number of hydrogen-bond donors (Lipinski definition) is 1. The molecule has 4 aromatic rings. The van der Waals surface area contributed by atoms with Gasteiger partial charge in [0.25, 0.3) is 0 Å². The van der Waals surface area contributed by atoms with Crippen molar-refractivity contribution in [1.82, 2.24) is 4.98 Å². The van der Waals surface area contributed by atoms with Crippen molar-refractivity contribution in [3.05, 3.63) is 52.0 Å². The molecule has 5 heteroatoms. The maximum Gasteiger partial charge on any atom is 0.238 e. The Morgan fingerprint density at radius 2 is 1.86 bits per heavy atom. The summed E-state index contributed by atoms with van der Waals surface area (Å²) in [5.74, 6) is 0. The zero-order valence-corrected chi connectivity index (χ0v) is 14.2. The first-order chi connectivity index (χ1) is 9.63. The summed E-state index contributed by atoms with van der Waals surface area (Å²) in [4.78, 5) is 3.48. The van der Waals surface area contributed by atoms with Crippen LogP contribution in [-0.2, 0) is 7.05 Å². The van der Waals surface area contributed by atoms with Crippen LogP contribution in [0.1, 0.15) is 0 Å². The highest BCUT2D eigenvalue weighted by atomic mass is 79.9. The van der Waals surface area contributed by atoms with E-state index < -0.39 is 0 Å². The highest BCUT2D eigenvalue weighted by molar-refractivity contribution is 9.10. The van der Waals surface area contributed by atoms with Gasteiger partial charge in [0.15, 0.2) is 0 Å². The monoisotopic (exact) mass is 380 g/mol. The van der Waals surface area contributed by atoms with Crippen LogP contribution in [0.5, 0.6) is 0 Å². The summed E-state index contributed by atoms with van der Waals surface area (Å²) in [5.41, 5.74) is 4.59. The van der Waals surface area contributed by atoms with Gasteiger partial charge in [-0.2, -0.15) is 4.57 Å². The summed E-state index contributed by atoms with van der Waals surface area (Å²) in [6.07, 6.45) is 0. The smallest absolute Gasteiger partial charge is 0.238 e. The molecule has 0 fully saturated rings. The SMILES string of the molecule is C[n+]1c2cc(Cl)ccc2cc2[nH]c3ccc(Br)cc3c21.[Cl-]. The van der Waals surface area contributed by atoms with Crippen molar-refractivity contribution in [2.45, 2.75) is 0 Å². The van der Waals surface area contributed by atoms with Crippen molar-refractivity contribution in [3.63, 3.8) is 0 Å². The van der Waals surface area contributed by atoms with E-state index in [9.17, 15) is 0 Å². The molecule has 0 aliphatic rings. The van der Waals surface area contributed by atoms with Crippen molar-refractivity contribution >= 4 is 60.4 Å². The van der Waals surface area contributed by atoms with E-state index in [2.05, 4.69) is 56.8 Å². The van der Waals surface area contributed by atoms with Crippen LogP contribution in [0.25, 0.3) is 32.8 Å². The summed E-state index contributed by atoms with van der Waals surface area (Å²) >= 11 is 9.68. The number of H-pyrrole nitrogens is 1. The molecule has 0 unspecified atom stereocenters. The second-order valence-corrected chi connectivity index (χ2v) is 6.34. The number of pyridine rings is 1. The molecule has 0 saturated heterocycles. The van der Waals surface area contributed by atoms with E-state index in [1.165, 1.54) is 16.3 Å². The maximum atomic E-state index is 6.13. The maximum absolute atomic E-state index is 6.13. The fourth-order valence-electron chi connectivity index (χ4n) is 2.84. The van der Waals surface area contributed by atoms with E-state index in [1.54, 1.807) is 0 Å². The van der Waals surface area contributed by atoms with Gasteiger partial charge in [-0.15, -0.1) is 0 Å². The minimum absolute atomic E-state index is 0. The van der Waals surface area contributed by atoms with Gasteiger partial charge < -0.3 is 17.4 Å². The van der Waals surface area contributed by atoms with E-state index >= 15 is 0 Å². The fraction of sp³-hybridized carbons (Fsp3) is 0.0625. The first-order valence-electron chi connectivity index (χ1n) is 6.33. The molecule has 0 atom stereocenters. The summed E-state index contributed by atoms with van der Waals surface area (Å²) in [5, 5.41) is 3.14. The van der Waals surface area contributed by atoms with Crippen molar-refractivity contribution in [1.29, 1.82) is 0 Å². The Morgan fingerprint density at radius 3 is 2.67 bits per heavy atom. The molecule has 21 heavy (non-hydrogen) atoms. The Kier molecular flexibility index (Phi) is 3.60. The zero-order valence-electron chi connectivity index (χ0n) is 11.1. The van der Waals surface area contributed by atoms with Crippen LogP contribution < -0.4 is 17.0 Å². The minimum atomic E-state index is 0. The van der Waals surface area contributed by atoms with Crippen LogP contribution >= 0.6 is 27.5 Å². The molecule has 0 saturated carbocycles. The van der Waals surface area contributed by atoms with Crippen LogP contribution in [-0.4, -0.2) is 4.98 Å². The Labute approximate surface area is 141 Å². The van der Waals surface area contributed by atoms with Crippen LogP contribution in [0.3, 0.4) is 0 Å². The average molecular weight is 382 g/mol. The topological polar surface area (TPSA) is 19.7 Å². The highest BCUT2D eigenvalue weighted by Crippen LogP contribution is 2.28. The lowest BCUT2D eigenvalue weighted by molar-refractivity contribution is -0.616. The Morgan fingerprint density at radius 1 is 1.05 bits per heavy atom. The van der Waals surface area contributed by atoms with Gasteiger partial charge in [0, 0.05) is 20.9 Å². The molecule has 0 aliphatic heterocycles. The predicted molar refractivity (Wildman–Crippen MR) is 87.2 cm³/mol. The molecular weight excluding hydrogens is 371 g/mol. The highest BCUT2D eigenvalue weighted by Gasteiger charge is 2.17. The zero-order chi connectivity index (χ0) is 13.9. The van der Waals surface area contributed by atoms with Gasteiger partial charge in [-0.05, 0) is 36.4 Å². The van der Waals surface area contributed by atoms with Crippen LogP contribution in [0.4, 0.5) is 0 Å². The van der Waals surface area contributed by atoms with Crippen LogP contribution in [0.2, 0.25) is 5.02 Å². The lowest BCUT2D eigenvalue weighted by Crippen LogP contribution is -3.00. The van der Waals surface area contributed by atoms with Crippen LogP contribution in [0.15, 0.2) is 46.9 Å². The largest absolute Gasteiger partial charge is 1.00 e. The third kappa shape index (κ3) is 2.20. The van der Waals surface area contributed by atoms with E-state index in [1.807, 2.05) is 18.2 Å². The molecule has 0 bridgehead atoms. The standard InChI is InChI=1S/C16H10BrClN2.ClH/c1-20-15-8-11(18)4-2-9(15)6-14-16(20)12-7-10(17)3-5-13(12)19-14;/h2-8H,1H3;1H. The third-order valence-electron chi connectivity index (χ3n) is 3.75. The van der Waals surface area contributed by atoms with Crippen molar-refractivity contribution in [2.24, 2.45) is 7.05 Å². The number of aromatic amines is 1. The lowest BCUT2D eigenvalue weighted by Gasteiger charge is -1.99. The quantitative estimate of drug-likeness (QED) is 0.447. The minimum Gasteiger partial charge on any atom is -1.00 e. The number of hydrogen-bond acceptors (Lipinski definition) is 0. The molecule has 1 N–H and O–H groups in total. The van der Waals surface area contributed by atoms with Gasteiger partial charge in [0.1, 0.15) is 12.6 Å². The van der Waals surface area contributed by atoms with E-state index in [0.717, 1.165) is 26.0 Å². The molecule has 0 spiro atoms. The number of aryl methyl sites for hydroxylation is 1. The number of fused-ring (bicyclic) bond motifs is 4. The number of nitrogens with one attached hydrogen (secondary N) is 1. The Balaban J connectivity index is 0.00000132. The molecule has 2 heterocycles. The summed E-state index contributed by atoms with van der Waals surface area (Å²) < 4.78 is 3.28. The van der Waals surface area contributed by atoms with Gasteiger partial charge in [0.2, 0.25) is 11.0 Å². The first kappa shape index (κ1) is 14.6. The second kappa shape index (κ2) is 5.16. The third-order valence-corrected chi connectivity index (χ3v) is 4.48. The van der Waals surface area contributed by atoms with Crippen LogP contribution in [0, 0.1) is 0 Å². The molecule has 0 aliphatic carbocycles. The Hall–Kier alpha value is -1.29. The molecule has 0 amide bonds. The van der Waals surface area contributed by atoms with Gasteiger partial charge in [-0.1, -0.05) is 27.5 Å². The number of nitrogens with zero attached hydrogens (tertiary/aromatic N) is 1. The summed E-state index contributed by atoms with van der Waals surface area (Å²) in [7, 11) is 2.08.